The smallest absolute Gasteiger partial charge is 0.0808 e. The van der Waals surface area contributed by atoms with Gasteiger partial charge in [-0.25, -0.2) is 0 Å². The highest BCUT2D eigenvalue weighted by molar-refractivity contribution is 5.49. The Kier molecular flexibility index (Phi) is 3.63. The van der Waals surface area contributed by atoms with Gasteiger partial charge in [0.2, 0.25) is 0 Å². The Morgan fingerprint density at radius 2 is 1.53 bits per heavy atom. The first kappa shape index (κ1) is 14.4. The molecule has 1 aliphatic heterocycles. The van der Waals surface area contributed by atoms with E-state index in [1.807, 2.05) is 6.92 Å². The molecule has 0 aliphatic carbocycles. The van der Waals surface area contributed by atoms with E-state index < -0.39 is 0 Å². The summed E-state index contributed by atoms with van der Waals surface area (Å²) >= 11 is 0. The maximum absolute atomic E-state index is 6.11. The quantitative estimate of drug-likeness (QED) is 0.890. The maximum Gasteiger partial charge on any atom is 0.0808 e. The number of benzene rings is 1. The van der Waals surface area contributed by atoms with E-state index in [1.165, 1.54) is 11.3 Å². The lowest BCUT2D eigenvalue weighted by Gasteiger charge is -2.48. The third-order valence-electron chi connectivity index (χ3n) is 3.48. The number of nitrogens with zero attached hydrogens (tertiary/aromatic N) is 1. The highest BCUT2D eigenvalue weighted by Gasteiger charge is 2.38. The zero-order valence-electron chi connectivity index (χ0n) is 12.7. The number of nitrogens with two attached hydrogens (primary N) is 1. The van der Waals surface area contributed by atoms with Crippen molar-refractivity contribution in [1.29, 1.82) is 0 Å². The van der Waals surface area contributed by atoms with E-state index in [0.29, 0.717) is 0 Å². The molecule has 1 fully saturated rings. The van der Waals surface area contributed by atoms with Crippen molar-refractivity contribution < 1.29 is 4.74 Å². The summed E-state index contributed by atoms with van der Waals surface area (Å²) in [5.74, 6) is 0. The fourth-order valence-corrected chi connectivity index (χ4v) is 2.96. The van der Waals surface area contributed by atoms with Gasteiger partial charge in [0.1, 0.15) is 0 Å². The fourth-order valence-electron chi connectivity index (χ4n) is 2.96. The Balaban J connectivity index is 2.21. The SMILES string of the molecule is CC(N)c1ccc(N2CC(C)(C)OC(C)(C)C2)cc1. The third-order valence-corrected chi connectivity index (χ3v) is 3.48. The van der Waals surface area contributed by atoms with Crippen LogP contribution < -0.4 is 10.6 Å². The molecule has 1 aromatic rings. The molecule has 1 atom stereocenters. The van der Waals surface area contributed by atoms with E-state index in [2.05, 4.69) is 56.9 Å². The van der Waals surface area contributed by atoms with Crippen molar-refractivity contribution in [2.24, 2.45) is 5.73 Å². The highest BCUT2D eigenvalue weighted by Crippen LogP contribution is 2.31. The van der Waals surface area contributed by atoms with Gasteiger partial charge >= 0.3 is 0 Å². The minimum atomic E-state index is -0.123. The first-order valence-corrected chi connectivity index (χ1v) is 6.99. The Labute approximate surface area is 116 Å². The second-order valence-corrected chi connectivity index (χ2v) is 6.86. The van der Waals surface area contributed by atoms with Crippen LogP contribution in [0.5, 0.6) is 0 Å². The zero-order valence-corrected chi connectivity index (χ0v) is 12.7. The normalized spacial score (nSPS) is 23.2. The van der Waals surface area contributed by atoms with Crippen LogP contribution in [-0.2, 0) is 4.74 Å². The summed E-state index contributed by atoms with van der Waals surface area (Å²) in [7, 11) is 0. The van der Waals surface area contributed by atoms with Gasteiger partial charge in [-0.05, 0) is 52.3 Å². The molecule has 0 spiro atoms. The minimum Gasteiger partial charge on any atom is -0.366 e. The molecule has 0 radical (unpaired) electrons. The molecule has 0 amide bonds. The van der Waals surface area contributed by atoms with Gasteiger partial charge in [-0.15, -0.1) is 0 Å². The summed E-state index contributed by atoms with van der Waals surface area (Å²) in [4.78, 5) is 2.40. The first-order chi connectivity index (χ1) is 8.69. The van der Waals surface area contributed by atoms with Crippen molar-refractivity contribution in [2.45, 2.75) is 51.9 Å². The molecule has 106 valence electrons. The molecule has 2 N–H and O–H groups in total. The maximum atomic E-state index is 6.11. The van der Waals surface area contributed by atoms with Crippen molar-refractivity contribution in [3.8, 4) is 0 Å². The van der Waals surface area contributed by atoms with Crippen molar-refractivity contribution >= 4 is 5.69 Å². The lowest BCUT2D eigenvalue weighted by atomic mass is 9.98. The van der Waals surface area contributed by atoms with Crippen LogP contribution in [0.1, 0.15) is 46.2 Å². The van der Waals surface area contributed by atoms with Crippen LogP contribution in [0.2, 0.25) is 0 Å². The Morgan fingerprint density at radius 1 is 1.05 bits per heavy atom. The van der Waals surface area contributed by atoms with Gasteiger partial charge < -0.3 is 15.4 Å². The van der Waals surface area contributed by atoms with Crippen LogP contribution in [0.3, 0.4) is 0 Å². The number of ether oxygens (including phenoxy) is 1. The van der Waals surface area contributed by atoms with E-state index >= 15 is 0 Å². The van der Waals surface area contributed by atoms with Gasteiger partial charge in [0.05, 0.1) is 11.2 Å². The largest absolute Gasteiger partial charge is 0.366 e. The average molecular weight is 262 g/mol. The average Bonchev–Trinajstić information content (AvgIpc) is 2.25. The molecule has 0 aromatic heterocycles. The van der Waals surface area contributed by atoms with E-state index in [9.17, 15) is 0 Å². The van der Waals surface area contributed by atoms with Gasteiger partial charge in [-0.1, -0.05) is 12.1 Å². The van der Waals surface area contributed by atoms with Crippen molar-refractivity contribution in [2.75, 3.05) is 18.0 Å². The second-order valence-electron chi connectivity index (χ2n) is 6.86. The molecule has 3 nitrogen and oxygen atoms in total. The molecule has 1 heterocycles. The summed E-state index contributed by atoms with van der Waals surface area (Å²) in [6, 6.07) is 8.66. The number of rotatable bonds is 2. The van der Waals surface area contributed by atoms with Gasteiger partial charge in [-0.2, -0.15) is 0 Å². The highest BCUT2D eigenvalue weighted by atomic mass is 16.5. The summed E-state index contributed by atoms with van der Waals surface area (Å²) in [5, 5.41) is 0. The fraction of sp³-hybridized carbons (Fsp3) is 0.625. The van der Waals surface area contributed by atoms with Crippen LogP contribution in [0.4, 0.5) is 5.69 Å². The second kappa shape index (κ2) is 4.80. The number of hydrogen-bond donors (Lipinski definition) is 1. The predicted octanol–water partition coefficient (Wildman–Crippen LogP) is 3.10. The van der Waals surface area contributed by atoms with Gasteiger partial charge in [0, 0.05) is 24.8 Å². The number of hydrogen-bond acceptors (Lipinski definition) is 3. The minimum absolute atomic E-state index is 0.0895. The van der Waals surface area contributed by atoms with Crippen LogP contribution in [-0.4, -0.2) is 24.3 Å². The van der Waals surface area contributed by atoms with E-state index in [1.54, 1.807) is 0 Å². The standard InChI is InChI=1S/C16H26N2O/c1-12(17)13-6-8-14(9-7-13)18-10-15(2,3)19-16(4,5)11-18/h6-9,12H,10-11,17H2,1-5H3. The first-order valence-electron chi connectivity index (χ1n) is 6.99. The molecule has 0 bridgehead atoms. The van der Waals surface area contributed by atoms with Crippen LogP contribution in [0.15, 0.2) is 24.3 Å². The molecule has 1 aromatic carbocycles. The van der Waals surface area contributed by atoms with E-state index in [-0.39, 0.29) is 17.2 Å². The zero-order chi connectivity index (χ0) is 14.3. The molecule has 2 rings (SSSR count). The summed E-state index contributed by atoms with van der Waals surface area (Å²) in [6.07, 6.45) is 0. The van der Waals surface area contributed by atoms with E-state index in [0.717, 1.165) is 13.1 Å². The molecule has 1 aliphatic rings. The van der Waals surface area contributed by atoms with Gasteiger partial charge in [0.25, 0.3) is 0 Å². The van der Waals surface area contributed by atoms with Crippen LogP contribution in [0, 0.1) is 0 Å². The lowest BCUT2D eigenvalue weighted by molar-refractivity contribution is -0.133. The Morgan fingerprint density at radius 3 is 1.95 bits per heavy atom. The molecule has 1 unspecified atom stereocenters. The lowest BCUT2D eigenvalue weighted by Crippen LogP contribution is -2.57. The van der Waals surface area contributed by atoms with Crippen molar-refractivity contribution in [3.05, 3.63) is 29.8 Å². The van der Waals surface area contributed by atoms with Crippen LogP contribution >= 0.6 is 0 Å². The molecular formula is C16H26N2O. The number of morpholine rings is 1. The summed E-state index contributed by atoms with van der Waals surface area (Å²) in [5.41, 5.74) is 8.07. The summed E-state index contributed by atoms with van der Waals surface area (Å²) < 4.78 is 6.11. The number of anilines is 1. The monoisotopic (exact) mass is 262 g/mol. The topological polar surface area (TPSA) is 38.5 Å². The van der Waals surface area contributed by atoms with Gasteiger partial charge in [-0.3, -0.25) is 0 Å². The Bertz CT molecular complexity index is 419. The van der Waals surface area contributed by atoms with Gasteiger partial charge in [0.15, 0.2) is 0 Å². The van der Waals surface area contributed by atoms with Crippen molar-refractivity contribution in [3.63, 3.8) is 0 Å². The van der Waals surface area contributed by atoms with Crippen LogP contribution in [0.25, 0.3) is 0 Å². The predicted molar refractivity (Wildman–Crippen MR) is 80.5 cm³/mol. The molecule has 0 saturated carbocycles. The van der Waals surface area contributed by atoms with Crippen molar-refractivity contribution in [1.82, 2.24) is 0 Å². The molecule has 1 saturated heterocycles. The Hall–Kier alpha value is -1.06. The molecule has 3 heteroatoms. The molecular weight excluding hydrogens is 236 g/mol. The molecule has 19 heavy (non-hydrogen) atoms. The third kappa shape index (κ3) is 3.48. The van der Waals surface area contributed by atoms with E-state index in [4.69, 9.17) is 10.5 Å². The summed E-state index contributed by atoms with van der Waals surface area (Å²) in [6.45, 7) is 12.4.